The van der Waals surface area contributed by atoms with E-state index in [1.165, 1.54) is 5.56 Å². The van der Waals surface area contributed by atoms with Crippen LogP contribution in [0.4, 0.5) is 0 Å². The van der Waals surface area contributed by atoms with Crippen LogP contribution in [0.1, 0.15) is 41.9 Å². The van der Waals surface area contributed by atoms with Gasteiger partial charge in [0.1, 0.15) is 12.2 Å². The topological polar surface area (TPSA) is 30.5 Å². The Kier molecular flexibility index (Phi) is 5.12. The van der Waals surface area contributed by atoms with E-state index < -0.39 is 6.41 Å². The van der Waals surface area contributed by atoms with Gasteiger partial charge in [-0.05, 0) is 23.6 Å². The molecule has 3 heteroatoms. The lowest BCUT2D eigenvalue weighted by Crippen LogP contribution is -2.32. The molecule has 3 aromatic rings. The molecular formula is C23H23NO2. The van der Waals surface area contributed by atoms with Crippen molar-refractivity contribution in [1.29, 1.82) is 0 Å². The summed E-state index contributed by atoms with van der Waals surface area (Å²) < 4.78 is 12.5. The van der Waals surface area contributed by atoms with E-state index in [1.54, 1.807) is 0 Å². The number of ether oxygens (including phenoxy) is 2. The lowest BCUT2D eigenvalue weighted by Gasteiger charge is -2.19. The smallest absolute Gasteiger partial charge is 0.217 e. The third kappa shape index (κ3) is 3.70. The fraction of sp³-hybridized carbons (Fsp3) is 0.217. The monoisotopic (exact) mass is 345 g/mol. The summed E-state index contributed by atoms with van der Waals surface area (Å²) in [5, 5.41) is 3.45. The zero-order valence-electron chi connectivity index (χ0n) is 14.8. The van der Waals surface area contributed by atoms with E-state index in [2.05, 4.69) is 48.6 Å². The highest BCUT2D eigenvalue weighted by atomic mass is 16.7. The predicted octanol–water partition coefficient (Wildman–Crippen LogP) is 5.15. The number of hydrogen-bond donors (Lipinski definition) is 1. The van der Waals surface area contributed by atoms with E-state index >= 15 is 0 Å². The maximum atomic E-state index is 6.27. The lowest BCUT2D eigenvalue weighted by atomic mass is 9.99. The van der Waals surface area contributed by atoms with Gasteiger partial charge in [0.05, 0.1) is 0 Å². The molecule has 0 aliphatic carbocycles. The van der Waals surface area contributed by atoms with Crippen molar-refractivity contribution in [3.8, 4) is 0 Å². The van der Waals surface area contributed by atoms with Crippen LogP contribution in [-0.2, 0) is 9.47 Å². The molecule has 132 valence electrons. The molecule has 1 aliphatic heterocycles. The fourth-order valence-corrected chi connectivity index (χ4v) is 3.35. The van der Waals surface area contributed by atoms with Crippen molar-refractivity contribution in [1.82, 2.24) is 5.32 Å². The molecule has 0 spiro atoms. The highest BCUT2D eigenvalue weighted by Gasteiger charge is 2.38. The highest BCUT2D eigenvalue weighted by molar-refractivity contribution is 5.26. The Labute approximate surface area is 154 Å². The van der Waals surface area contributed by atoms with Gasteiger partial charge in [-0.3, -0.25) is 5.32 Å². The second kappa shape index (κ2) is 7.83. The summed E-state index contributed by atoms with van der Waals surface area (Å²) in [6, 6.07) is 31.0. The third-order valence-electron chi connectivity index (χ3n) is 4.76. The summed E-state index contributed by atoms with van der Waals surface area (Å²) in [5.74, 6) is 0. The standard InChI is InChI=1S/C23H23NO2/c1-17(18-11-5-2-6-12-18)24-23-25-21(19-13-7-3-8-14-19)22(26-23)20-15-9-4-10-16-20/h2-17,21-24H,1H3/t17?,21-,22-/m1/s1. The molecule has 0 saturated carbocycles. The molecule has 0 bridgehead atoms. The van der Waals surface area contributed by atoms with E-state index in [1.807, 2.05) is 54.6 Å². The first-order valence-electron chi connectivity index (χ1n) is 9.03. The molecule has 1 heterocycles. The summed E-state index contributed by atoms with van der Waals surface area (Å²) in [5.41, 5.74) is 3.45. The molecule has 0 amide bonds. The Bertz CT molecular complexity index is 760. The van der Waals surface area contributed by atoms with Gasteiger partial charge in [-0.1, -0.05) is 91.0 Å². The van der Waals surface area contributed by atoms with Gasteiger partial charge < -0.3 is 9.47 Å². The molecule has 1 unspecified atom stereocenters. The van der Waals surface area contributed by atoms with Gasteiger partial charge >= 0.3 is 0 Å². The van der Waals surface area contributed by atoms with Gasteiger partial charge in [0.15, 0.2) is 0 Å². The summed E-state index contributed by atoms with van der Waals surface area (Å²) in [4.78, 5) is 0. The van der Waals surface area contributed by atoms with Gasteiger partial charge in [0, 0.05) is 6.04 Å². The van der Waals surface area contributed by atoms with Crippen molar-refractivity contribution in [2.45, 2.75) is 31.6 Å². The first kappa shape index (κ1) is 17.0. The first-order chi connectivity index (χ1) is 12.8. The molecule has 0 aromatic heterocycles. The Morgan fingerprint density at radius 1 is 0.654 bits per heavy atom. The molecule has 0 radical (unpaired) electrons. The normalized spacial score (nSPS) is 21.6. The van der Waals surface area contributed by atoms with E-state index in [0.717, 1.165) is 11.1 Å². The Morgan fingerprint density at radius 2 is 1.08 bits per heavy atom. The summed E-state index contributed by atoms with van der Waals surface area (Å²) in [6.07, 6.45) is -0.737. The van der Waals surface area contributed by atoms with E-state index in [9.17, 15) is 0 Å². The molecule has 1 saturated heterocycles. The van der Waals surface area contributed by atoms with Crippen LogP contribution in [0.15, 0.2) is 91.0 Å². The Morgan fingerprint density at radius 3 is 1.54 bits per heavy atom. The minimum Gasteiger partial charge on any atom is -0.328 e. The quantitative estimate of drug-likeness (QED) is 0.694. The summed E-state index contributed by atoms with van der Waals surface area (Å²) >= 11 is 0. The molecule has 1 fully saturated rings. The minimum atomic E-state index is -0.458. The number of benzene rings is 3. The van der Waals surface area contributed by atoms with Gasteiger partial charge in [-0.25, -0.2) is 0 Å². The molecule has 4 rings (SSSR count). The van der Waals surface area contributed by atoms with Gasteiger partial charge in [0.2, 0.25) is 6.41 Å². The molecular weight excluding hydrogens is 322 g/mol. The second-order valence-corrected chi connectivity index (χ2v) is 6.57. The van der Waals surface area contributed by atoms with Gasteiger partial charge in [-0.2, -0.15) is 0 Å². The second-order valence-electron chi connectivity index (χ2n) is 6.57. The average Bonchev–Trinajstić information content (AvgIpc) is 3.14. The van der Waals surface area contributed by atoms with Crippen LogP contribution in [0.3, 0.4) is 0 Å². The van der Waals surface area contributed by atoms with Crippen molar-refractivity contribution in [3.05, 3.63) is 108 Å². The Balaban J connectivity index is 1.55. The van der Waals surface area contributed by atoms with E-state index in [4.69, 9.17) is 9.47 Å². The zero-order chi connectivity index (χ0) is 17.8. The van der Waals surface area contributed by atoms with Crippen molar-refractivity contribution < 1.29 is 9.47 Å². The predicted molar refractivity (Wildman–Crippen MR) is 102 cm³/mol. The van der Waals surface area contributed by atoms with Crippen LogP contribution in [0.2, 0.25) is 0 Å². The maximum absolute atomic E-state index is 6.27. The van der Waals surface area contributed by atoms with Crippen LogP contribution in [0.25, 0.3) is 0 Å². The van der Waals surface area contributed by atoms with Crippen LogP contribution in [0.5, 0.6) is 0 Å². The maximum Gasteiger partial charge on any atom is 0.217 e. The molecule has 3 aromatic carbocycles. The molecule has 26 heavy (non-hydrogen) atoms. The largest absolute Gasteiger partial charge is 0.328 e. The SMILES string of the molecule is CC(NC1O[C@H](c2ccccc2)[C@@H](c2ccccc2)O1)c1ccccc1. The first-order valence-corrected chi connectivity index (χ1v) is 9.03. The summed E-state index contributed by atoms with van der Waals surface area (Å²) in [7, 11) is 0. The zero-order valence-corrected chi connectivity index (χ0v) is 14.8. The van der Waals surface area contributed by atoms with Gasteiger partial charge in [-0.15, -0.1) is 0 Å². The van der Waals surface area contributed by atoms with Crippen LogP contribution in [0, 0.1) is 0 Å². The van der Waals surface area contributed by atoms with Gasteiger partial charge in [0.25, 0.3) is 0 Å². The molecule has 1 N–H and O–H groups in total. The van der Waals surface area contributed by atoms with Crippen molar-refractivity contribution in [3.63, 3.8) is 0 Å². The highest BCUT2D eigenvalue weighted by Crippen LogP contribution is 2.42. The van der Waals surface area contributed by atoms with Crippen molar-refractivity contribution >= 4 is 0 Å². The third-order valence-corrected chi connectivity index (χ3v) is 4.76. The number of nitrogens with one attached hydrogen (secondary N) is 1. The fourth-order valence-electron chi connectivity index (χ4n) is 3.35. The van der Waals surface area contributed by atoms with E-state index in [0.29, 0.717) is 0 Å². The van der Waals surface area contributed by atoms with E-state index in [-0.39, 0.29) is 18.2 Å². The van der Waals surface area contributed by atoms with Crippen LogP contribution < -0.4 is 5.32 Å². The average molecular weight is 345 g/mol. The molecule has 3 nitrogen and oxygen atoms in total. The van der Waals surface area contributed by atoms with Crippen molar-refractivity contribution in [2.24, 2.45) is 0 Å². The van der Waals surface area contributed by atoms with Crippen molar-refractivity contribution in [2.75, 3.05) is 0 Å². The number of rotatable bonds is 5. The molecule has 1 aliphatic rings. The minimum absolute atomic E-state index is 0.132. The summed E-state index contributed by atoms with van der Waals surface area (Å²) in [6.45, 7) is 2.12. The Hall–Kier alpha value is -2.46. The van der Waals surface area contributed by atoms with Crippen LogP contribution in [-0.4, -0.2) is 6.41 Å². The molecule has 3 atom stereocenters. The lowest BCUT2D eigenvalue weighted by molar-refractivity contribution is -0.0956. The number of hydrogen-bond acceptors (Lipinski definition) is 3. The van der Waals surface area contributed by atoms with Crippen LogP contribution >= 0.6 is 0 Å².